The van der Waals surface area contributed by atoms with E-state index in [0.29, 0.717) is 4.90 Å². The lowest BCUT2D eigenvalue weighted by Crippen LogP contribution is -2.36. The first-order valence-corrected chi connectivity index (χ1v) is 9.28. The Morgan fingerprint density at radius 3 is 2.50 bits per heavy atom. The molecule has 11 nitrogen and oxygen atoms in total. The van der Waals surface area contributed by atoms with Crippen LogP contribution in [0.15, 0.2) is 48.2 Å². The number of urea groups is 1. The molecule has 11 heteroatoms. The van der Waals surface area contributed by atoms with E-state index in [4.69, 9.17) is 9.47 Å². The fourth-order valence-corrected chi connectivity index (χ4v) is 2.91. The molecule has 0 saturated carbocycles. The van der Waals surface area contributed by atoms with Crippen LogP contribution in [0.1, 0.15) is 11.1 Å². The molecule has 0 radical (unpaired) electrons. The molecule has 0 bridgehead atoms. The minimum Gasteiger partial charge on any atom is -0.493 e. The monoisotopic (exact) mass is 441 g/mol. The van der Waals surface area contributed by atoms with Crippen LogP contribution >= 0.6 is 0 Å². The molecule has 1 aliphatic heterocycles. The van der Waals surface area contributed by atoms with Gasteiger partial charge >= 0.3 is 12.0 Å². The van der Waals surface area contributed by atoms with Crippen LogP contribution in [-0.2, 0) is 20.9 Å². The fraction of sp³-hybridized carbons (Fsp3) is 0.190. The second kappa shape index (κ2) is 9.60. The number of nitro benzene ring substituents is 1. The number of ether oxygens (including phenoxy) is 3. The number of nitrogens with one attached hydrogen (secondary N) is 1. The molecule has 3 rings (SSSR count). The molecule has 1 aliphatic rings. The normalized spacial score (nSPS) is 14.3. The van der Waals surface area contributed by atoms with Crippen molar-refractivity contribution in [2.24, 2.45) is 0 Å². The topological polar surface area (TPSA) is 137 Å². The predicted octanol–water partition coefficient (Wildman–Crippen LogP) is 2.25. The number of methoxy groups -OCH3 is 2. The first kappa shape index (κ1) is 22.3. The largest absolute Gasteiger partial charge is 0.493 e. The van der Waals surface area contributed by atoms with E-state index < -0.39 is 29.4 Å². The van der Waals surface area contributed by atoms with Crippen molar-refractivity contribution in [2.45, 2.75) is 6.61 Å². The number of hydrogen-bond acceptors (Lipinski definition) is 8. The highest BCUT2D eigenvalue weighted by molar-refractivity contribution is 6.15. The maximum absolute atomic E-state index is 12.5. The van der Waals surface area contributed by atoms with Crippen LogP contribution in [0.25, 0.3) is 6.08 Å². The van der Waals surface area contributed by atoms with Crippen molar-refractivity contribution in [3.05, 3.63) is 69.4 Å². The highest BCUT2D eigenvalue weighted by Gasteiger charge is 2.35. The summed E-state index contributed by atoms with van der Waals surface area (Å²) in [5.74, 6) is -1.28. The number of carbonyl (C=O) groups excluding carboxylic acids is 3. The van der Waals surface area contributed by atoms with Crippen molar-refractivity contribution in [1.82, 2.24) is 10.2 Å². The number of nitrogens with zero attached hydrogens (tertiary/aromatic N) is 2. The van der Waals surface area contributed by atoms with Crippen LogP contribution in [0.4, 0.5) is 10.5 Å². The SMILES string of the molecule is COC(=O)CN1C(=O)N/C(=C/c2cc(OC)c(OCc3ccccc3)cc2[N+](=O)[O-])C1=O. The van der Waals surface area contributed by atoms with E-state index in [-0.39, 0.29) is 35.1 Å². The Morgan fingerprint density at radius 2 is 1.88 bits per heavy atom. The van der Waals surface area contributed by atoms with Gasteiger partial charge in [0.25, 0.3) is 11.6 Å². The summed E-state index contributed by atoms with van der Waals surface area (Å²) in [4.78, 5) is 47.6. The summed E-state index contributed by atoms with van der Waals surface area (Å²) in [5, 5.41) is 13.9. The van der Waals surface area contributed by atoms with Gasteiger partial charge in [0.05, 0.1) is 30.8 Å². The summed E-state index contributed by atoms with van der Waals surface area (Å²) in [6, 6.07) is 10.9. The Morgan fingerprint density at radius 1 is 1.16 bits per heavy atom. The lowest BCUT2D eigenvalue weighted by molar-refractivity contribution is -0.385. The quantitative estimate of drug-likeness (QED) is 0.216. The van der Waals surface area contributed by atoms with Crippen LogP contribution in [0.3, 0.4) is 0 Å². The van der Waals surface area contributed by atoms with Crippen LogP contribution in [0.2, 0.25) is 0 Å². The van der Waals surface area contributed by atoms with Gasteiger partial charge in [-0.3, -0.25) is 19.7 Å². The van der Waals surface area contributed by atoms with Crippen LogP contribution < -0.4 is 14.8 Å². The second-order valence-corrected chi connectivity index (χ2v) is 6.55. The maximum Gasteiger partial charge on any atom is 0.329 e. The van der Waals surface area contributed by atoms with Crippen LogP contribution in [0, 0.1) is 10.1 Å². The Bertz CT molecular complexity index is 1100. The van der Waals surface area contributed by atoms with E-state index in [1.807, 2.05) is 30.3 Å². The van der Waals surface area contributed by atoms with Crippen molar-refractivity contribution in [2.75, 3.05) is 20.8 Å². The molecular formula is C21H19N3O8. The number of amides is 3. The molecule has 1 saturated heterocycles. The Labute approximate surface area is 182 Å². The van der Waals surface area contributed by atoms with Gasteiger partial charge in [0.1, 0.15) is 18.8 Å². The number of imide groups is 1. The maximum atomic E-state index is 12.5. The van der Waals surface area contributed by atoms with Crippen molar-refractivity contribution >= 4 is 29.7 Å². The van der Waals surface area contributed by atoms with Gasteiger partial charge in [0.2, 0.25) is 0 Å². The lowest BCUT2D eigenvalue weighted by atomic mass is 10.1. The zero-order chi connectivity index (χ0) is 23.3. The van der Waals surface area contributed by atoms with Crippen molar-refractivity contribution < 1.29 is 33.5 Å². The standard InChI is InChI=1S/C21H19N3O8/c1-30-17-9-14(8-15-20(26)23(21(27)22-15)11-19(25)31-2)16(24(28)29)10-18(17)32-12-13-6-4-3-5-7-13/h3-10H,11-12H2,1-2H3,(H,22,27)/b15-8+. The van der Waals surface area contributed by atoms with E-state index in [2.05, 4.69) is 10.1 Å². The summed E-state index contributed by atoms with van der Waals surface area (Å²) in [6.07, 6.45) is 1.14. The van der Waals surface area contributed by atoms with Gasteiger partial charge in [0.15, 0.2) is 11.5 Å². The third-order valence-electron chi connectivity index (χ3n) is 4.52. The molecule has 3 amide bonds. The Kier molecular flexibility index (Phi) is 6.68. The summed E-state index contributed by atoms with van der Waals surface area (Å²) in [7, 11) is 2.49. The molecule has 166 valence electrons. The molecule has 1 fully saturated rings. The summed E-state index contributed by atoms with van der Waals surface area (Å²) < 4.78 is 15.4. The van der Waals surface area contributed by atoms with Gasteiger partial charge in [-0.25, -0.2) is 9.69 Å². The molecule has 2 aromatic carbocycles. The van der Waals surface area contributed by atoms with E-state index in [9.17, 15) is 24.5 Å². The second-order valence-electron chi connectivity index (χ2n) is 6.55. The number of carbonyl (C=O) groups is 3. The third kappa shape index (κ3) is 4.83. The molecule has 32 heavy (non-hydrogen) atoms. The van der Waals surface area contributed by atoms with Crippen molar-refractivity contribution in [3.8, 4) is 11.5 Å². The third-order valence-corrected chi connectivity index (χ3v) is 4.52. The summed E-state index contributed by atoms with van der Waals surface area (Å²) in [5.41, 5.74) is 0.257. The van der Waals surface area contributed by atoms with Crippen LogP contribution in [0.5, 0.6) is 11.5 Å². The predicted molar refractivity (Wildman–Crippen MR) is 111 cm³/mol. The van der Waals surface area contributed by atoms with Crippen molar-refractivity contribution in [3.63, 3.8) is 0 Å². The van der Waals surface area contributed by atoms with Gasteiger partial charge < -0.3 is 19.5 Å². The number of benzene rings is 2. The van der Waals surface area contributed by atoms with E-state index in [0.717, 1.165) is 18.7 Å². The van der Waals surface area contributed by atoms with Gasteiger partial charge in [-0.05, 0) is 17.7 Å². The van der Waals surface area contributed by atoms with E-state index >= 15 is 0 Å². The number of esters is 1. The van der Waals surface area contributed by atoms with Gasteiger partial charge in [-0.15, -0.1) is 0 Å². The van der Waals surface area contributed by atoms with Crippen molar-refractivity contribution in [1.29, 1.82) is 0 Å². The average molecular weight is 441 g/mol. The van der Waals surface area contributed by atoms with Crippen LogP contribution in [-0.4, -0.2) is 48.5 Å². The zero-order valence-corrected chi connectivity index (χ0v) is 17.2. The minimum atomic E-state index is -0.843. The molecule has 0 aliphatic carbocycles. The number of rotatable bonds is 8. The highest BCUT2D eigenvalue weighted by Crippen LogP contribution is 2.36. The Balaban J connectivity index is 1.92. The van der Waals surface area contributed by atoms with E-state index in [1.165, 1.54) is 19.2 Å². The van der Waals surface area contributed by atoms with Gasteiger partial charge in [0, 0.05) is 0 Å². The minimum absolute atomic E-state index is 0.00230. The number of hydrogen-bond donors (Lipinski definition) is 1. The average Bonchev–Trinajstić information content (AvgIpc) is 3.05. The molecule has 0 spiro atoms. The zero-order valence-electron chi connectivity index (χ0n) is 17.2. The summed E-state index contributed by atoms with van der Waals surface area (Å²) in [6.45, 7) is -0.429. The molecular weight excluding hydrogens is 422 g/mol. The molecule has 0 unspecified atom stereocenters. The molecule has 0 atom stereocenters. The fourth-order valence-electron chi connectivity index (χ4n) is 2.91. The van der Waals surface area contributed by atoms with E-state index in [1.54, 1.807) is 0 Å². The van der Waals surface area contributed by atoms with Gasteiger partial charge in [-0.2, -0.15) is 0 Å². The Hall–Kier alpha value is -4.41. The van der Waals surface area contributed by atoms with Gasteiger partial charge in [-0.1, -0.05) is 30.3 Å². The first-order valence-electron chi connectivity index (χ1n) is 9.28. The lowest BCUT2D eigenvalue weighted by Gasteiger charge is -2.12. The molecule has 1 N–H and O–H groups in total. The molecule has 1 heterocycles. The number of nitro groups is 1. The smallest absolute Gasteiger partial charge is 0.329 e. The highest BCUT2D eigenvalue weighted by atomic mass is 16.6. The molecule has 2 aromatic rings. The summed E-state index contributed by atoms with van der Waals surface area (Å²) >= 11 is 0. The first-order chi connectivity index (χ1) is 15.3. The molecule has 0 aromatic heterocycles.